The van der Waals surface area contributed by atoms with Crippen LogP contribution in [-0.4, -0.2) is 14.8 Å². The van der Waals surface area contributed by atoms with Gasteiger partial charge in [-0.3, -0.25) is 4.68 Å². The molecule has 1 heterocycles. The Kier molecular flexibility index (Phi) is 3.46. The number of aryl methyl sites for hydroxylation is 1. The summed E-state index contributed by atoms with van der Waals surface area (Å²) in [7, 11) is 1.86. The molecule has 2 aromatic rings. The molecule has 4 nitrogen and oxygen atoms in total. The molecule has 0 fully saturated rings. The van der Waals surface area contributed by atoms with Crippen molar-refractivity contribution in [3.63, 3.8) is 0 Å². The van der Waals surface area contributed by atoms with Crippen LogP contribution in [0.4, 0.5) is 5.69 Å². The largest absolute Gasteiger partial charge is 0.377 e. The van der Waals surface area contributed by atoms with Gasteiger partial charge in [0.2, 0.25) is 0 Å². The summed E-state index contributed by atoms with van der Waals surface area (Å²) >= 11 is 9.41. The van der Waals surface area contributed by atoms with Crippen molar-refractivity contribution in [1.82, 2.24) is 14.8 Å². The molecule has 1 N–H and O–H groups in total. The Morgan fingerprint density at radius 3 is 3.00 bits per heavy atom. The Morgan fingerprint density at radius 1 is 1.50 bits per heavy atom. The van der Waals surface area contributed by atoms with Crippen molar-refractivity contribution < 1.29 is 0 Å². The smallest absolute Gasteiger partial charge is 0.145 e. The molecule has 0 radical (unpaired) electrons. The van der Waals surface area contributed by atoms with Crippen molar-refractivity contribution >= 4 is 33.2 Å². The average molecular weight is 302 g/mol. The molecular weight excluding hydrogens is 291 g/mol. The first-order chi connectivity index (χ1) is 7.68. The van der Waals surface area contributed by atoms with Gasteiger partial charge in [-0.2, -0.15) is 5.10 Å². The fourth-order valence-corrected chi connectivity index (χ4v) is 1.87. The van der Waals surface area contributed by atoms with E-state index in [1.54, 1.807) is 4.68 Å². The molecule has 0 spiro atoms. The number of anilines is 1. The molecule has 0 atom stereocenters. The van der Waals surface area contributed by atoms with Gasteiger partial charge in [0.1, 0.15) is 12.2 Å². The van der Waals surface area contributed by atoms with Gasteiger partial charge in [-0.25, -0.2) is 4.98 Å². The highest BCUT2D eigenvalue weighted by molar-refractivity contribution is 9.10. The normalized spacial score (nSPS) is 10.4. The first kappa shape index (κ1) is 11.4. The molecule has 0 amide bonds. The Hall–Kier alpha value is -1.07. The molecule has 0 aliphatic carbocycles. The summed E-state index contributed by atoms with van der Waals surface area (Å²) in [5, 5.41) is 7.92. The van der Waals surface area contributed by atoms with Gasteiger partial charge in [-0.1, -0.05) is 17.7 Å². The van der Waals surface area contributed by atoms with E-state index in [0.717, 1.165) is 16.0 Å². The number of hydrogen-bond acceptors (Lipinski definition) is 3. The van der Waals surface area contributed by atoms with E-state index in [-0.39, 0.29) is 0 Å². The number of halogens is 2. The minimum Gasteiger partial charge on any atom is -0.377 e. The molecule has 6 heteroatoms. The molecule has 0 saturated carbocycles. The number of rotatable bonds is 3. The van der Waals surface area contributed by atoms with Gasteiger partial charge >= 0.3 is 0 Å². The van der Waals surface area contributed by atoms with Crippen LogP contribution in [0.2, 0.25) is 5.02 Å². The SMILES string of the molecule is Cn1ncnc1CNc1cccc(Cl)c1Br. The first-order valence-corrected chi connectivity index (χ1v) is 5.86. The molecule has 0 bridgehead atoms. The Labute approximate surface area is 107 Å². The highest BCUT2D eigenvalue weighted by Crippen LogP contribution is 2.30. The lowest BCUT2D eigenvalue weighted by atomic mass is 10.3. The van der Waals surface area contributed by atoms with Gasteiger partial charge in [-0.05, 0) is 28.1 Å². The maximum atomic E-state index is 5.99. The number of nitrogens with one attached hydrogen (secondary N) is 1. The van der Waals surface area contributed by atoms with Crippen LogP contribution >= 0.6 is 27.5 Å². The van der Waals surface area contributed by atoms with Crippen LogP contribution in [-0.2, 0) is 13.6 Å². The van der Waals surface area contributed by atoms with E-state index >= 15 is 0 Å². The Morgan fingerprint density at radius 2 is 2.31 bits per heavy atom. The zero-order valence-corrected chi connectivity index (χ0v) is 11.0. The average Bonchev–Trinajstić information content (AvgIpc) is 2.67. The lowest BCUT2D eigenvalue weighted by Gasteiger charge is -2.08. The van der Waals surface area contributed by atoms with Crippen molar-refractivity contribution in [2.24, 2.45) is 7.05 Å². The summed E-state index contributed by atoms with van der Waals surface area (Å²) in [6, 6.07) is 5.68. The molecule has 0 unspecified atom stereocenters. The minimum absolute atomic E-state index is 0.607. The molecule has 84 valence electrons. The zero-order chi connectivity index (χ0) is 11.5. The summed E-state index contributed by atoms with van der Waals surface area (Å²) < 4.78 is 2.59. The third kappa shape index (κ3) is 2.36. The van der Waals surface area contributed by atoms with Gasteiger partial charge < -0.3 is 5.32 Å². The van der Waals surface area contributed by atoms with Gasteiger partial charge in [0.25, 0.3) is 0 Å². The lowest BCUT2D eigenvalue weighted by Crippen LogP contribution is -2.07. The summed E-state index contributed by atoms with van der Waals surface area (Å²) in [6.45, 7) is 0.607. The van der Waals surface area contributed by atoms with Gasteiger partial charge in [0, 0.05) is 7.05 Å². The van der Waals surface area contributed by atoms with E-state index in [2.05, 4.69) is 31.3 Å². The standard InChI is InChI=1S/C10H10BrClN4/c1-16-9(14-6-15-16)5-13-8-4-2-3-7(12)10(8)11/h2-4,6,13H,5H2,1H3. The van der Waals surface area contributed by atoms with Crippen molar-refractivity contribution in [1.29, 1.82) is 0 Å². The van der Waals surface area contributed by atoms with Gasteiger partial charge in [0.05, 0.1) is 21.7 Å². The van der Waals surface area contributed by atoms with Crippen LogP contribution < -0.4 is 5.32 Å². The zero-order valence-electron chi connectivity index (χ0n) is 8.61. The molecule has 2 rings (SSSR count). The first-order valence-electron chi connectivity index (χ1n) is 4.69. The highest BCUT2D eigenvalue weighted by Gasteiger charge is 2.05. The van der Waals surface area contributed by atoms with Crippen LogP contribution in [0.25, 0.3) is 0 Å². The van der Waals surface area contributed by atoms with Crippen LogP contribution in [0, 0.1) is 0 Å². The van der Waals surface area contributed by atoms with E-state index in [0.29, 0.717) is 11.6 Å². The van der Waals surface area contributed by atoms with Crippen molar-refractivity contribution in [2.75, 3.05) is 5.32 Å². The van der Waals surface area contributed by atoms with Crippen LogP contribution in [0.1, 0.15) is 5.82 Å². The molecule has 1 aromatic carbocycles. The van der Waals surface area contributed by atoms with Crippen molar-refractivity contribution in [3.05, 3.63) is 39.8 Å². The molecular formula is C10H10BrClN4. The maximum absolute atomic E-state index is 5.99. The summed E-state index contributed by atoms with van der Waals surface area (Å²) in [4.78, 5) is 4.12. The second-order valence-electron chi connectivity index (χ2n) is 3.25. The minimum atomic E-state index is 0.607. The number of aromatic nitrogens is 3. The highest BCUT2D eigenvalue weighted by atomic mass is 79.9. The van der Waals surface area contributed by atoms with E-state index in [9.17, 15) is 0 Å². The second-order valence-corrected chi connectivity index (χ2v) is 4.46. The molecule has 0 aliphatic rings. The maximum Gasteiger partial charge on any atom is 0.145 e. The molecule has 1 aromatic heterocycles. The van der Waals surface area contributed by atoms with E-state index in [1.165, 1.54) is 6.33 Å². The van der Waals surface area contributed by atoms with Gasteiger partial charge in [-0.15, -0.1) is 0 Å². The topological polar surface area (TPSA) is 42.7 Å². The molecule has 0 saturated heterocycles. The fraction of sp³-hybridized carbons (Fsp3) is 0.200. The third-order valence-corrected chi connectivity index (χ3v) is 3.59. The summed E-state index contributed by atoms with van der Waals surface area (Å²) in [5.74, 6) is 0.867. The predicted molar refractivity (Wildman–Crippen MR) is 67.5 cm³/mol. The second kappa shape index (κ2) is 4.84. The Balaban J connectivity index is 2.11. The van der Waals surface area contributed by atoms with Crippen LogP contribution in [0.15, 0.2) is 29.0 Å². The molecule has 0 aliphatic heterocycles. The van der Waals surface area contributed by atoms with E-state index < -0.39 is 0 Å². The summed E-state index contributed by atoms with van der Waals surface area (Å²) in [5.41, 5.74) is 0.940. The number of nitrogens with zero attached hydrogens (tertiary/aromatic N) is 3. The third-order valence-electron chi connectivity index (χ3n) is 2.19. The monoisotopic (exact) mass is 300 g/mol. The quantitative estimate of drug-likeness (QED) is 0.948. The fourth-order valence-electron chi connectivity index (χ4n) is 1.29. The summed E-state index contributed by atoms with van der Waals surface area (Å²) in [6.07, 6.45) is 1.53. The van der Waals surface area contributed by atoms with Crippen molar-refractivity contribution in [2.45, 2.75) is 6.54 Å². The van der Waals surface area contributed by atoms with Crippen LogP contribution in [0.5, 0.6) is 0 Å². The van der Waals surface area contributed by atoms with Crippen molar-refractivity contribution in [3.8, 4) is 0 Å². The Bertz CT molecular complexity index is 497. The van der Waals surface area contributed by atoms with Crippen LogP contribution in [0.3, 0.4) is 0 Å². The number of benzene rings is 1. The van der Waals surface area contributed by atoms with E-state index in [4.69, 9.17) is 11.6 Å². The predicted octanol–water partition coefficient (Wildman–Crippen LogP) is 2.84. The van der Waals surface area contributed by atoms with Gasteiger partial charge in [0.15, 0.2) is 0 Å². The number of hydrogen-bond donors (Lipinski definition) is 1. The lowest BCUT2D eigenvalue weighted by molar-refractivity contribution is 0.712. The van der Waals surface area contributed by atoms with E-state index in [1.807, 2.05) is 25.2 Å². The molecule has 16 heavy (non-hydrogen) atoms.